The number of likely N-dealkylation sites (tertiary alicyclic amines) is 1. The highest BCUT2D eigenvalue weighted by Gasteiger charge is 2.36. The first-order chi connectivity index (χ1) is 17.6. The molecule has 3 rings (SSSR count). The normalized spacial score (nSPS) is 16.9. The molecule has 0 bridgehead atoms. The van der Waals surface area contributed by atoms with Crippen molar-refractivity contribution in [3.8, 4) is 0 Å². The lowest BCUT2D eigenvalue weighted by molar-refractivity contribution is 0.223. The van der Waals surface area contributed by atoms with E-state index >= 15 is 0 Å². The van der Waals surface area contributed by atoms with Crippen LogP contribution in [0.1, 0.15) is 70.1 Å². The third kappa shape index (κ3) is 7.34. The van der Waals surface area contributed by atoms with Crippen LogP contribution in [0.4, 0.5) is 0 Å². The van der Waals surface area contributed by atoms with Gasteiger partial charge in [-0.3, -0.25) is 0 Å². The minimum Gasteiger partial charge on any atom is -0.384 e. The molecule has 36 heavy (non-hydrogen) atoms. The smallest absolute Gasteiger partial charge is 0.101 e. The number of rotatable bonds is 10. The molecule has 0 amide bonds. The van der Waals surface area contributed by atoms with Gasteiger partial charge in [0.05, 0.1) is 0 Å². The monoisotopic (exact) mass is 481 g/mol. The third-order valence-corrected chi connectivity index (χ3v) is 7.02. The summed E-state index contributed by atoms with van der Waals surface area (Å²) >= 11 is 0. The molecule has 2 aromatic rings. The molecular formula is C33H43N3. The zero-order valence-electron chi connectivity index (χ0n) is 22.6. The van der Waals surface area contributed by atoms with Crippen molar-refractivity contribution in [1.82, 2.24) is 10.2 Å². The maximum absolute atomic E-state index is 4.69. The van der Waals surface area contributed by atoms with Crippen LogP contribution in [-0.2, 0) is 5.41 Å². The van der Waals surface area contributed by atoms with Crippen molar-refractivity contribution in [2.45, 2.75) is 58.8 Å². The van der Waals surface area contributed by atoms with E-state index in [1.165, 1.54) is 22.4 Å². The van der Waals surface area contributed by atoms with Crippen molar-refractivity contribution >= 4 is 17.6 Å². The fourth-order valence-corrected chi connectivity index (χ4v) is 4.93. The zero-order chi connectivity index (χ0) is 25.6. The average molecular weight is 482 g/mol. The number of amidine groups is 1. The van der Waals surface area contributed by atoms with E-state index in [9.17, 15) is 0 Å². The van der Waals surface area contributed by atoms with Gasteiger partial charge in [-0.25, -0.2) is 4.99 Å². The molecule has 190 valence electrons. The summed E-state index contributed by atoms with van der Waals surface area (Å²) < 4.78 is 0. The molecular weight excluding hydrogens is 438 g/mol. The van der Waals surface area contributed by atoms with Gasteiger partial charge in [0.15, 0.2) is 0 Å². The highest BCUT2D eigenvalue weighted by atomic mass is 15.2. The van der Waals surface area contributed by atoms with Crippen LogP contribution in [0.15, 0.2) is 96.2 Å². The zero-order valence-corrected chi connectivity index (χ0v) is 22.6. The lowest BCUT2D eigenvalue weighted by Crippen LogP contribution is -2.48. The Hall–Kier alpha value is -3.33. The van der Waals surface area contributed by atoms with E-state index in [4.69, 9.17) is 0 Å². The van der Waals surface area contributed by atoms with E-state index in [1.807, 2.05) is 12.3 Å². The summed E-state index contributed by atoms with van der Waals surface area (Å²) in [6.45, 7) is 11.5. The quantitative estimate of drug-likeness (QED) is 0.211. The predicted molar refractivity (Wildman–Crippen MR) is 158 cm³/mol. The first kappa shape index (κ1) is 27.3. The Balaban J connectivity index is 1.80. The van der Waals surface area contributed by atoms with Gasteiger partial charge in [-0.15, -0.1) is 0 Å². The molecule has 1 fully saturated rings. The Kier molecular flexibility index (Phi) is 10.8. The number of hydrogen-bond donors (Lipinski definition) is 1. The molecule has 1 N–H and O–H groups in total. The van der Waals surface area contributed by atoms with E-state index in [0.29, 0.717) is 0 Å². The fourth-order valence-electron chi connectivity index (χ4n) is 4.93. The summed E-state index contributed by atoms with van der Waals surface area (Å²) in [5.74, 6) is 1.10. The van der Waals surface area contributed by atoms with Gasteiger partial charge >= 0.3 is 0 Å². The van der Waals surface area contributed by atoms with Crippen LogP contribution in [0.3, 0.4) is 0 Å². The summed E-state index contributed by atoms with van der Waals surface area (Å²) in [6.07, 6.45) is 19.0. The Morgan fingerprint density at radius 2 is 1.69 bits per heavy atom. The molecule has 0 aliphatic carbocycles. The number of allylic oxidation sites excluding steroid dienone is 5. The van der Waals surface area contributed by atoms with E-state index in [-0.39, 0.29) is 5.41 Å². The lowest BCUT2D eigenvalue weighted by atomic mass is 9.72. The van der Waals surface area contributed by atoms with Crippen LogP contribution >= 0.6 is 0 Å². The minimum atomic E-state index is 0.0834. The molecule has 1 aliphatic heterocycles. The maximum Gasteiger partial charge on any atom is 0.101 e. The fraction of sp³-hybridized carbons (Fsp3) is 0.364. The van der Waals surface area contributed by atoms with E-state index < -0.39 is 0 Å². The van der Waals surface area contributed by atoms with Crippen molar-refractivity contribution in [3.63, 3.8) is 0 Å². The number of benzene rings is 2. The molecule has 0 atom stereocenters. The van der Waals surface area contributed by atoms with Gasteiger partial charge < -0.3 is 10.2 Å². The second-order valence-corrected chi connectivity index (χ2v) is 9.45. The van der Waals surface area contributed by atoms with Gasteiger partial charge in [0.25, 0.3) is 0 Å². The Bertz CT molecular complexity index is 1080. The predicted octanol–water partition coefficient (Wildman–Crippen LogP) is 7.99. The van der Waals surface area contributed by atoms with Gasteiger partial charge in [-0.2, -0.15) is 0 Å². The molecule has 3 heteroatoms. The van der Waals surface area contributed by atoms with Crippen LogP contribution in [-0.4, -0.2) is 30.4 Å². The summed E-state index contributed by atoms with van der Waals surface area (Å²) in [4.78, 5) is 7.11. The molecule has 0 radical (unpaired) electrons. The summed E-state index contributed by atoms with van der Waals surface area (Å²) in [5, 5.41) is 3.90. The first-order valence-corrected chi connectivity index (χ1v) is 13.5. The second-order valence-electron chi connectivity index (χ2n) is 9.45. The van der Waals surface area contributed by atoms with Crippen LogP contribution in [0, 0.1) is 0 Å². The van der Waals surface area contributed by atoms with Gasteiger partial charge in [-0.1, -0.05) is 98.8 Å². The highest BCUT2D eigenvalue weighted by molar-refractivity contribution is 5.80. The largest absolute Gasteiger partial charge is 0.384 e. The number of hydrogen-bond acceptors (Lipinski definition) is 2. The van der Waals surface area contributed by atoms with Crippen LogP contribution < -0.4 is 5.32 Å². The summed E-state index contributed by atoms with van der Waals surface area (Å²) in [7, 11) is 0. The Labute approximate surface area is 219 Å². The number of piperidine rings is 1. The average Bonchev–Trinajstić information content (AvgIpc) is 2.92. The van der Waals surface area contributed by atoms with Crippen molar-refractivity contribution in [2.75, 3.05) is 19.6 Å². The summed E-state index contributed by atoms with van der Waals surface area (Å²) in [5.41, 5.74) is 5.26. The van der Waals surface area contributed by atoms with Crippen LogP contribution in [0.2, 0.25) is 0 Å². The molecule has 1 heterocycles. The van der Waals surface area contributed by atoms with Gasteiger partial charge in [-0.05, 0) is 56.7 Å². The SMILES string of the molecule is C/C=C\c1ccccc1C(=CCC)NCC1(c2ccccc2)CCN(C(C)=N/C=C\C=C\CC)CC1. The Morgan fingerprint density at radius 3 is 2.39 bits per heavy atom. The molecule has 0 unspecified atom stereocenters. The van der Waals surface area contributed by atoms with Crippen LogP contribution in [0.25, 0.3) is 11.8 Å². The first-order valence-electron chi connectivity index (χ1n) is 13.5. The second kappa shape index (κ2) is 14.3. The third-order valence-electron chi connectivity index (χ3n) is 7.02. The topological polar surface area (TPSA) is 27.6 Å². The lowest BCUT2D eigenvalue weighted by Gasteiger charge is -2.43. The van der Waals surface area contributed by atoms with Gasteiger partial charge in [0, 0.05) is 42.5 Å². The van der Waals surface area contributed by atoms with Gasteiger partial charge in [0.2, 0.25) is 0 Å². The van der Waals surface area contributed by atoms with Crippen molar-refractivity contribution < 1.29 is 0 Å². The standard InChI is InChI=1S/C33H43N3/c1-5-8-9-15-24-34-28(4)36-25-22-33(23-26-36,30-19-11-10-12-20-30)27-35-32(17-7-3)31-21-14-13-18-29(31)16-6-2/h6,8-21,24,35H,5,7,22-23,25-27H2,1-4H3/b9-8+,16-6-,24-15-,32-17?,34-28?. The number of aliphatic imine (C=N–C) groups is 1. The van der Waals surface area contributed by atoms with Crippen molar-refractivity contribution in [2.24, 2.45) is 4.99 Å². The molecule has 0 saturated carbocycles. The van der Waals surface area contributed by atoms with Crippen LogP contribution in [0.5, 0.6) is 0 Å². The van der Waals surface area contributed by atoms with Crippen molar-refractivity contribution in [1.29, 1.82) is 0 Å². The molecule has 0 aromatic heterocycles. The summed E-state index contributed by atoms with van der Waals surface area (Å²) in [6, 6.07) is 19.7. The molecule has 1 aliphatic rings. The van der Waals surface area contributed by atoms with Crippen molar-refractivity contribution in [3.05, 3.63) is 108 Å². The maximum atomic E-state index is 4.69. The Morgan fingerprint density at radius 1 is 0.972 bits per heavy atom. The number of nitrogens with one attached hydrogen (secondary N) is 1. The molecule has 1 saturated heterocycles. The molecule has 0 spiro atoms. The number of nitrogens with zero attached hydrogens (tertiary/aromatic N) is 2. The molecule has 3 nitrogen and oxygen atoms in total. The van der Waals surface area contributed by atoms with E-state index in [2.05, 4.69) is 128 Å². The molecule has 2 aromatic carbocycles. The van der Waals surface area contributed by atoms with E-state index in [0.717, 1.165) is 51.2 Å². The van der Waals surface area contributed by atoms with E-state index in [1.54, 1.807) is 0 Å². The highest BCUT2D eigenvalue weighted by Crippen LogP contribution is 2.36. The van der Waals surface area contributed by atoms with Gasteiger partial charge in [0.1, 0.15) is 5.84 Å². The minimum absolute atomic E-state index is 0.0834.